The molecule has 0 N–H and O–H groups in total. The van der Waals surface area contributed by atoms with Crippen molar-refractivity contribution >= 4 is 17.5 Å². The Hall–Kier alpha value is -1.17. The van der Waals surface area contributed by atoms with Crippen LogP contribution in [0.3, 0.4) is 0 Å². The number of benzene rings is 1. The molecule has 0 aliphatic carbocycles. The van der Waals surface area contributed by atoms with Crippen LogP contribution in [0.4, 0.5) is 4.39 Å². The van der Waals surface area contributed by atoms with Gasteiger partial charge in [-0.2, -0.15) is 0 Å². The second-order valence-corrected chi connectivity index (χ2v) is 7.08. The molecule has 0 unspecified atom stereocenters. The summed E-state index contributed by atoms with van der Waals surface area (Å²) >= 11 is 6.15. The summed E-state index contributed by atoms with van der Waals surface area (Å²) in [7, 11) is 1.66. The third-order valence-corrected chi connectivity index (χ3v) is 5.56. The van der Waals surface area contributed by atoms with E-state index in [1.165, 1.54) is 6.07 Å². The number of piperidine rings is 2. The number of methoxy groups -OCH3 is 1. The summed E-state index contributed by atoms with van der Waals surface area (Å²) in [6.45, 7) is 3.49. The van der Waals surface area contributed by atoms with Gasteiger partial charge in [-0.05, 0) is 30.9 Å². The van der Waals surface area contributed by atoms with Crippen molar-refractivity contribution in [1.29, 1.82) is 0 Å². The Bertz CT molecular complexity index is 578. The second-order valence-electron chi connectivity index (χ2n) is 6.67. The highest BCUT2D eigenvalue weighted by molar-refractivity contribution is 6.31. The van der Waals surface area contributed by atoms with Gasteiger partial charge in [0.1, 0.15) is 5.82 Å². The molecule has 2 aliphatic heterocycles. The van der Waals surface area contributed by atoms with Gasteiger partial charge in [-0.3, -0.25) is 9.69 Å². The van der Waals surface area contributed by atoms with E-state index in [4.69, 9.17) is 16.3 Å². The highest BCUT2D eigenvalue weighted by atomic mass is 35.5. The number of carbonyl (C=O) groups excluding carboxylic acids is 1. The van der Waals surface area contributed by atoms with Crippen LogP contribution in [-0.2, 0) is 16.1 Å². The summed E-state index contributed by atoms with van der Waals surface area (Å²) in [5, 5.41) is 0.484. The average Bonchev–Trinajstić information content (AvgIpc) is 2.57. The summed E-state index contributed by atoms with van der Waals surface area (Å²) < 4.78 is 19.2. The Morgan fingerprint density at radius 2 is 2.21 bits per heavy atom. The first-order valence-electron chi connectivity index (χ1n) is 8.53. The first kappa shape index (κ1) is 17.6. The summed E-state index contributed by atoms with van der Waals surface area (Å²) in [4.78, 5) is 16.5. The molecule has 2 saturated heterocycles. The largest absolute Gasteiger partial charge is 0.383 e. The minimum Gasteiger partial charge on any atom is -0.383 e. The number of rotatable bonds is 5. The number of ether oxygens (including phenoxy) is 1. The molecule has 0 radical (unpaired) electrons. The Labute approximate surface area is 147 Å². The lowest BCUT2D eigenvalue weighted by Crippen LogP contribution is -2.56. The van der Waals surface area contributed by atoms with Crippen molar-refractivity contribution in [3.63, 3.8) is 0 Å². The van der Waals surface area contributed by atoms with Crippen molar-refractivity contribution < 1.29 is 13.9 Å². The van der Waals surface area contributed by atoms with Gasteiger partial charge in [0.25, 0.3) is 0 Å². The zero-order valence-corrected chi connectivity index (χ0v) is 14.8. The number of amides is 1. The van der Waals surface area contributed by atoms with E-state index in [9.17, 15) is 9.18 Å². The number of hydrogen-bond acceptors (Lipinski definition) is 3. The topological polar surface area (TPSA) is 32.8 Å². The summed E-state index contributed by atoms with van der Waals surface area (Å²) in [5.41, 5.74) is 0.570. The maximum absolute atomic E-state index is 14.0. The van der Waals surface area contributed by atoms with Crippen LogP contribution in [0.5, 0.6) is 0 Å². The minimum atomic E-state index is -0.245. The van der Waals surface area contributed by atoms with Crippen molar-refractivity contribution in [3.05, 3.63) is 34.6 Å². The van der Waals surface area contributed by atoms with E-state index in [1.54, 1.807) is 19.2 Å². The fourth-order valence-corrected chi connectivity index (χ4v) is 4.18. The predicted octanol–water partition coefficient (Wildman–Crippen LogP) is 2.94. The smallest absolute Gasteiger partial charge is 0.222 e. The van der Waals surface area contributed by atoms with Crippen LogP contribution in [0.15, 0.2) is 18.2 Å². The maximum atomic E-state index is 14.0. The Morgan fingerprint density at radius 3 is 2.96 bits per heavy atom. The number of nitrogens with zero attached hydrogens (tertiary/aromatic N) is 2. The molecule has 1 aromatic carbocycles. The van der Waals surface area contributed by atoms with Gasteiger partial charge >= 0.3 is 0 Å². The molecule has 0 aromatic heterocycles. The van der Waals surface area contributed by atoms with E-state index in [0.29, 0.717) is 42.6 Å². The van der Waals surface area contributed by atoms with Gasteiger partial charge in [0.05, 0.1) is 6.61 Å². The molecule has 2 aliphatic rings. The monoisotopic (exact) mass is 354 g/mol. The fraction of sp³-hybridized carbons (Fsp3) is 0.611. The van der Waals surface area contributed by atoms with Crippen molar-refractivity contribution in [1.82, 2.24) is 9.80 Å². The van der Waals surface area contributed by atoms with Crippen LogP contribution < -0.4 is 0 Å². The Kier molecular flexibility index (Phi) is 5.74. The van der Waals surface area contributed by atoms with Gasteiger partial charge in [-0.15, -0.1) is 0 Å². The molecule has 132 valence electrons. The molecule has 1 aromatic rings. The lowest BCUT2D eigenvalue weighted by atomic mass is 9.83. The summed E-state index contributed by atoms with van der Waals surface area (Å²) in [6, 6.07) is 5.11. The molecular formula is C18H24ClFN2O2. The van der Waals surface area contributed by atoms with Gasteiger partial charge in [-0.25, -0.2) is 4.39 Å². The van der Waals surface area contributed by atoms with E-state index < -0.39 is 0 Å². The van der Waals surface area contributed by atoms with Crippen LogP contribution in [0.2, 0.25) is 5.02 Å². The van der Waals surface area contributed by atoms with E-state index >= 15 is 0 Å². The number of halogens is 2. The van der Waals surface area contributed by atoms with Gasteiger partial charge in [0.2, 0.25) is 5.91 Å². The standard InChI is InChI=1S/C18H24ClFN2O2/c1-24-10-9-22-17-7-8-21(11-13(17)5-6-18(22)23)12-14-15(19)3-2-4-16(14)20/h2-4,13,17H,5-12H2,1H3/t13-,17+/m1/s1. The van der Waals surface area contributed by atoms with E-state index in [-0.39, 0.29) is 17.8 Å². The molecule has 2 atom stereocenters. The molecule has 6 heteroatoms. The highest BCUT2D eigenvalue weighted by Gasteiger charge is 2.39. The second kappa shape index (κ2) is 7.81. The van der Waals surface area contributed by atoms with E-state index in [2.05, 4.69) is 4.90 Å². The zero-order chi connectivity index (χ0) is 17.1. The van der Waals surface area contributed by atoms with Gasteiger partial charge in [0, 0.05) is 56.3 Å². The number of hydrogen-bond donors (Lipinski definition) is 0. The summed E-state index contributed by atoms with van der Waals surface area (Å²) in [6.07, 6.45) is 2.43. The van der Waals surface area contributed by atoms with Crippen LogP contribution >= 0.6 is 11.6 Å². The first-order chi connectivity index (χ1) is 11.6. The number of fused-ring (bicyclic) bond motifs is 1. The fourth-order valence-electron chi connectivity index (χ4n) is 3.96. The van der Waals surface area contributed by atoms with Gasteiger partial charge in [-0.1, -0.05) is 17.7 Å². The van der Waals surface area contributed by atoms with Crippen LogP contribution in [0.1, 0.15) is 24.8 Å². The van der Waals surface area contributed by atoms with Crippen LogP contribution in [0.25, 0.3) is 0 Å². The maximum Gasteiger partial charge on any atom is 0.222 e. The lowest BCUT2D eigenvalue weighted by molar-refractivity contribution is -0.142. The van der Waals surface area contributed by atoms with Crippen molar-refractivity contribution in [2.24, 2.45) is 5.92 Å². The SMILES string of the molecule is COCCN1C(=O)CC[C@@H]2CN(Cc3c(F)cccc3Cl)CC[C@@H]21. The molecule has 0 saturated carbocycles. The Morgan fingerprint density at radius 1 is 1.38 bits per heavy atom. The molecule has 0 bridgehead atoms. The third kappa shape index (κ3) is 3.73. The van der Waals surface area contributed by atoms with Gasteiger partial charge in [0.15, 0.2) is 0 Å². The normalized spacial score (nSPS) is 25.0. The number of likely N-dealkylation sites (tertiary alicyclic amines) is 2. The van der Waals surface area contributed by atoms with Gasteiger partial charge < -0.3 is 9.64 Å². The van der Waals surface area contributed by atoms with E-state index in [1.807, 2.05) is 4.90 Å². The molecule has 1 amide bonds. The minimum absolute atomic E-state index is 0.235. The Balaban J connectivity index is 1.65. The third-order valence-electron chi connectivity index (χ3n) is 5.21. The number of carbonyl (C=O) groups is 1. The summed E-state index contributed by atoms with van der Waals surface area (Å²) in [5.74, 6) is 0.433. The molecule has 0 spiro atoms. The first-order valence-corrected chi connectivity index (χ1v) is 8.91. The van der Waals surface area contributed by atoms with Crippen LogP contribution in [-0.4, -0.2) is 55.1 Å². The average molecular weight is 355 g/mol. The molecule has 2 fully saturated rings. The molecule has 3 rings (SSSR count). The lowest BCUT2D eigenvalue weighted by Gasteiger charge is -2.47. The molecular weight excluding hydrogens is 331 g/mol. The quantitative estimate of drug-likeness (QED) is 0.815. The predicted molar refractivity (Wildman–Crippen MR) is 91.4 cm³/mol. The molecule has 4 nitrogen and oxygen atoms in total. The molecule has 2 heterocycles. The van der Waals surface area contributed by atoms with E-state index in [0.717, 1.165) is 25.9 Å². The highest BCUT2D eigenvalue weighted by Crippen LogP contribution is 2.32. The molecule has 24 heavy (non-hydrogen) atoms. The van der Waals surface area contributed by atoms with Crippen molar-refractivity contribution in [2.75, 3.05) is 33.4 Å². The van der Waals surface area contributed by atoms with Crippen LogP contribution in [0, 0.1) is 11.7 Å². The van der Waals surface area contributed by atoms with Crippen molar-refractivity contribution in [2.45, 2.75) is 31.8 Å². The zero-order valence-electron chi connectivity index (χ0n) is 14.0. The van der Waals surface area contributed by atoms with Crippen molar-refractivity contribution in [3.8, 4) is 0 Å².